The Kier molecular flexibility index (Phi) is 2.48. The molecule has 0 unspecified atom stereocenters. The van der Waals surface area contributed by atoms with Crippen molar-refractivity contribution in [2.75, 3.05) is 4.90 Å². The first-order valence-electron chi connectivity index (χ1n) is 7.63. The normalized spacial score (nSPS) is 33.2. The number of benzene rings is 1. The molecule has 3 aliphatic rings. The van der Waals surface area contributed by atoms with E-state index in [-0.39, 0.29) is 35.5 Å². The summed E-state index contributed by atoms with van der Waals surface area (Å²) in [6, 6.07) is 4.09. The number of rotatable bonds is 1. The van der Waals surface area contributed by atoms with Crippen molar-refractivity contribution in [1.82, 2.24) is 0 Å². The molecule has 1 heterocycles. The highest BCUT2D eigenvalue weighted by atomic mass is 16.2. The quantitative estimate of drug-likeness (QED) is 0.586. The average Bonchev–Trinajstić information content (AvgIpc) is 3.06. The van der Waals surface area contributed by atoms with Crippen molar-refractivity contribution in [2.24, 2.45) is 23.7 Å². The van der Waals surface area contributed by atoms with Crippen molar-refractivity contribution >= 4 is 17.5 Å². The molecule has 2 amide bonds. The van der Waals surface area contributed by atoms with Gasteiger partial charge in [-0.15, -0.1) is 0 Å². The summed E-state index contributed by atoms with van der Waals surface area (Å²) in [4.78, 5) is 27.2. The predicted molar refractivity (Wildman–Crippen MR) is 80.9 cm³/mol. The fraction of sp³-hybridized carbons (Fsp3) is 0.444. The Morgan fingerprint density at radius 3 is 1.86 bits per heavy atom. The lowest BCUT2D eigenvalue weighted by molar-refractivity contribution is -0.123. The first-order chi connectivity index (χ1) is 9.99. The fourth-order valence-corrected chi connectivity index (χ4v) is 4.65. The summed E-state index contributed by atoms with van der Waals surface area (Å²) in [6.45, 7) is 6.00. The molecule has 0 spiro atoms. The number of amides is 2. The summed E-state index contributed by atoms with van der Waals surface area (Å²) in [5.74, 6) is 0.328. The van der Waals surface area contributed by atoms with Gasteiger partial charge in [-0.3, -0.25) is 9.59 Å². The molecule has 4 rings (SSSR count). The van der Waals surface area contributed by atoms with Gasteiger partial charge < -0.3 is 0 Å². The number of aryl methyl sites for hydroxylation is 3. The van der Waals surface area contributed by atoms with Crippen LogP contribution in [0.15, 0.2) is 24.3 Å². The van der Waals surface area contributed by atoms with E-state index in [0.29, 0.717) is 0 Å². The molecule has 108 valence electrons. The first kappa shape index (κ1) is 12.8. The fourth-order valence-electron chi connectivity index (χ4n) is 4.65. The van der Waals surface area contributed by atoms with Gasteiger partial charge in [0.2, 0.25) is 11.8 Å². The molecule has 2 fully saturated rings. The Bertz CT molecular complexity index is 650. The number of nitrogens with zero attached hydrogens (tertiary/aromatic N) is 1. The zero-order valence-electron chi connectivity index (χ0n) is 12.6. The van der Waals surface area contributed by atoms with Crippen LogP contribution in [0.25, 0.3) is 0 Å². The lowest BCUT2D eigenvalue weighted by Gasteiger charge is -2.22. The molecule has 0 radical (unpaired) electrons. The molecule has 1 saturated heterocycles. The maximum absolute atomic E-state index is 12.8. The average molecular weight is 281 g/mol. The van der Waals surface area contributed by atoms with Crippen LogP contribution in [-0.4, -0.2) is 11.8 Å². The highest BCUT2D eigenvalue weighted by Crippen LogP contribution is 2.53. The SMILES string of the molecule is Cc1cc(C)c(N2C(=O)[C@H]3[C@H](C2=O)[C@H]2C=C[C@H]3C2)c(C)c1. The largest absolute Gasteiger partial charge is 0.274 e. The van der Waals surface area contributed by atoms with Gasteiger partial charge in [-0.1, -0.05) is 29.8 Å². The summed E-state index contributed by atoms with van der Waals surface area (Å²) >= 11 is 0. The van der Waals surface area contributed by atoms with Crippen LogP contribution in [0.4, 0.5) is 5.69 Å². The van der Waals surface area contributed by atoms with E-state index in [0.717, 1.165) is 28.8 Å². The Morgan fingerprint density at radius 2 is 1.38 bits per heavy atom. The van der Waals surface area contributed by atoms with Gasteiger partial charge in [-0.25, -0.2) is 4.90 Å². The molecule has 0 N–H and O–H groups in total. The zero-order chi connectivity index (χ0) is 14.9. The van der Waals surface area contributed by atoms with Crippen LogP contribution in [0, 0.1) is 44.4 Å². The van der Waals surface area contributed by atoms with Crippen LogP contribution in [0.2, 0.25) is 0 Å². The third kappa shape index (κ3) is 1.55. The van der Waals surface area contributed by atoms with E-state index in [1.54, 1.807) is 0 Å². The maximum Gasteiger partial charge on any atom is 0.238 e. The van der Waals surface area contributed by atoms with Crippen molar-refractivity contribution in [1.29, 1.82) is 0 Å². The zero-order valence-corrected chi connectivity index (χ0v) is 12.6. The second-order valence-electron chi connectivity index (χ2n) is 6.76. The summed E-state index contributed by atoms with van der Waals surface area (Å²) in [7, 11) is 0. The van der Waals surface area contributed by atoms with Gasteiger partial charge >= 0.3 is 0 Å². The van der Waals surface area contributed by atoms with Crippen molar-refractivity contribution in [2.45, 2.75) is 27.2 Å². The van der Waals surface area contributed by atoms with Gasteiger partial charge in [0.05, 0.1) is 17.5 Å². The van der Waals surface area contributed by atoms with Crippen LogP contribution in [0.3, 0.4) is 0 Å². The number of hydrogen-bond acceptors (Lipinski definition) is 2. The van der Waals surface area contributed by atoms with Gasteiger partial charge in [0.15, 0.2) is 0 Å². The Labute approximate surface area is 124 Å². The van der Waals surface area contributed by atoms with E-state index in [2.05, 4.69) is 12.2 Å². The lowest BCUT2D eigenvalue weighted by atomic mass is 9.85. The van der Waals surface area contributed by atoms with Gasteiger partial charge in [0.25, 0.3) is 0 Å². The van der Waals surface area contributed by atoms with Gasteiger partial charge in [0.1, 0.15) is 0 Å². The summed E-state index contributed by atoms with van der Waals surface area (Å²) < 4.78 is 0. The van der Waals surface area contributed by atoms with Crippen molar-refractivity contribution in [3.63, 3.8) is 0 Å². The lowest BCUT2D eigenvalue weighted by Crippen LogP contribution is -2.34. The Balaban J connectivity index is 1.82. The molecule has 1 aromatic carbocycles. The maximum atomic E-state index is 12.8. The van der Waals surface area contributed by atoms with Gasteiger partial charge in [-0.2, -0.15) is 0 Å². The molecule has 1 aromatic rings. The van der Waals surface area contributed by atoms with E-state index in [4.69, 9.17) is 0 Å². The predicted octanol–water partition coefficient (Wildman–Crippen LogP) is 2.92. The van der Waals surface area contributed by atoms with Crippen molar-refractivity contribution < 1.29 is 9.59 Å². The topological polar surface area (TPSA) is 37.4 Å². The van der Waals surface area contributed by atoms with E-state index < -0.39 is 0 Å². The van der Waals surface area contributed by atoms with Crippen LogP contribution >= 0.6 is 0 Å². The summed E-state index contributed by atoms with van der Waals surface area (Å²) in [5.41, 5.74) is 3.99. The second-order valence-corrected chi connectivity index (χ2v) is 6.76. The summed E-state index contributed by atoms with van der Waals surface area (Å²) in [5, 5.41) is 0. The minimum atomic E-state index is -0.118. The number of fused-ring (bicyclic) bond motifs is 5. The van der Waals surface area contributed by atoms with E-state index in [1.807, 2.05) is 32.9 Å². The molecule has 2 aliphatic carbocycles. The number of anilines is 1. The van der Waals surface area contributed by atoms with Crippen LogP contribution < -0.4 is 4.90 Å². The molecule has 1 saturated carbocycles. The molecular formula is C18H19NO2. The molecule has 4 atom stereocenters. The molecule has 3 nitrogen and oxygen atoms in total. The minimum absolute atomic E-state index is 0.0110. The van der Waals surface area contributed by atoms with Crippen LogP contribution in [-0.2, 0) is 9.59 Å². The highest BCUT2D eigenvalue weighted by Gasteiger charge is 2.59. The molecule has 0 aromatic heterocycles. The highest BCUT2D eigenvalue weighted by molar-refractivity contribution is 6.23. The monoisotopic (exact) mass is 281 g/mol. The van der Waals surface area contributed by atoms with E-state index >= 15 is 0 Å². The second kappa shape index (κ2) is 4.06. The number of carbonyl (C=O) groups is 2. The smallest absolute Gasteiger partial charge is 0.238 e. The molecule has 21 heavy (non-hydrogen) atoms. The van der Waals surface area contributed by atoms with Crippen molar-refractivity contribution in [3.05, 3.63) is 41.0 Å². The summed E-state index contributed by atoms with van der Waals surface area (Å²) in [6.07, 6.45) is 5.25. The van der Waals surface area contributed by atoms with Crippen LogP contribution in [0.5, 0.6) is 0 Å². The number of carbonyl (C=O) groups excluding carboxylic acids is 2. The molecular weight excluding hydrogens is 262 g/mol. The third-order valence-electron chi connectivity index (χ3n) is 5.33. The minimum Gasteiger partial charge on any atom is -0.274 e. The number of allylic oxidation sites excluding steroid dienone is 2. The Hall–Kier alpha value is -1.90. The molecule has 2 bridgehead atoms. The Morgan fingerprint density at radius 1 is 0.905 bits per heavy atom. The van der Waals surface area contributed by atoms with Gasteiger partial charge in [-0.05, 0) is 50.2 Å². The third-order valence-corrected chi connectivity index (χ3v) is 5.33. The number of imide groups is 1. The molecule has 1 aliphatic heterocycles. The molecule has 3 heteroatoms. The van der Waals surface area contributed by atoms with Crippen LogP contribution in [0.1, 0.15) is 23.1 Å². The standard InChI is InChI=1S/C18H19NO2/c1-9-6-10(2)16(11(3)7-9)19-17(20)14-12-4-5-13(8-12)15(14)18(19)21/h4-7,12-15H,8H2,1-3H3/t12-,13-,14+,15+/m0/s1. The van der Waals surface area contributed by atoms with Gasteiger partial charge in [0, 0.05) is 0 Å². The van der Waals surface area contributed by atoms with Crippen molar-refractivity contribution in [3.8, 4) is 0 Å². The van der Waals surface area contributed by atoms with E-state index in [1.165, 1.54) is 4.90 Å². The van der Waals surface area contributed by atoms with E-state index in [9.17, 15) is 9.59 Å². The number of hydrogen-bond donors (Lipinski definition) is 0. The first-order valence-corrected chi connectivity index (χ1v) is 7.63.